The van der Waals surface area contributed by atoms with Gasteiger partial charge in [0.2, 0.25) is 0 Å². The Morgan fingerprint density at radius 3 is 2.66 bits per heavy atom. The summed E-state index contributed by atoms with van der Waals surface area (Å²) in [5, 5.41) is 11.7. The Kier molecular flexibility index (Phi) is 6.69. The molecule has 0 aliphatic heterocycles. The summed E-state index contributed by atoms with van der Waals surface area (Å²) < 4.78 is 9.15. The summed E-state index contributed by atoms with van der Waals surface area (Å²) in [6, 6.07) is 14.0. The first-order valence-corrected chi connectivity index (χ1v) is 10.9. The van der Waals surface area contributed by atoms with Crippen LogP contribution in [0.3, 0.4) is 0 Å². The highest BCUT2D eigenvalue weighted by molar-refractivity contribution is 7.17. The molecule has 0 unspecified atom stereocenters. The normalized spacial score (nSPS) is 10.8. The first-order valence-electron chi connectivity index (χ1n) is 9.67. The van der Waals surface area contributed by atoms with Gasteiger partial charge in [-0.2, -0.15) is 0 Å². The molecule has 3 aromatic heterocycles. The highest BCUT2D eigenvalue weighted by atomic mass is 35.5. The molecule has 1 amide bonds. The molecule has 0 atom stereocenters. The van der Waals surface area contributed by atoms with E-state index in [4.69, 9.17) is 21.4 Å². The van der Waals surface area contributed by atoms with Crippen molar-refractivity contribution in [2.75, 3.05) is 13.2 Å². The van der Waals surface area contributed by atoms with Gasteiger partial charge in [0.05, 0.1) is 34.4 Å². The number of nitrogens with zero attached hydrogens (tertiary/aromatic N) is 3. The maximum absolute atomic E-state index is 12.6. The van der Waals surface area contributed by atoms with E-state index in [-0.39, 0.29) is 37.0 Å². The zero-order valence-corrected chi connectivity index (χ0v) is 18.3. The Balaban J connectivity index is 1.44. The third kappa shape index (κ3) is 4.91. The van der Waals surface area contributed by atoms with E-state index in [0.717, 1.165) is 5.69 Å². The average molecular weight is 471 g/mol. The molecule has 1 aromatic carbocycles. The third-order valence-electron chi connectivity index (χ3n) is 4.55. The van der Waals surface area contributed by atoms with Crippen LogP contribution in [0.4, 0.5) is 0 Å². The lowest BCUT2D eigenvalue weighted by Gasteiger charge is -2.10. The molecule has 0 saturated carbocycles. The first-order chi connectivity index (χ1) is 15.5. The molecule has 0 bridgehead atoms. The predicted octanol–water partition coefficient (Wildman–Crippen LogP) is 3.04. The van der Waals surface area contributed by atoms with Gasteiger partial charge in [-0.1, -0.05) is 11.6 Å². The minimum atomic E-state index is -0.304. The van der Waals surface area contributed by atoms with Crippen molar-refractivity contribution >= 4 is 28.8 Å². The summed E-state index contributed by atoms with van der Waals surface area (Å²) in [5.41, 5.74) is 1.93. The number of carbonyl (C=O) groups is 1. The number of carbonyl (C=O) groups excluding carboxylic acids is 1. The molecule has 2 N–H and O–H groups in total. The molecule has 0 aliphatic rings. The van der Waals surface area contributed by atoms with Crippen LogP contribution in [0.5, 0.6) is 5.75 Å². The van der Waals surface area contributed by atoms with E-state index in [2.05, 4.69) is 10.3 Å². The number of hydrogen-bond donors (Lipinski definition) is 2. The predicted molar refractivity (Wildman–Crippen MR) is 122 cm³/mol. The standard InChI is InChI=1S/C22H19ClN4O4S/c23-20-8-7-19(32-20)21(29)24-12-15-13-26(14-25-15)16-3-5-17(6-4-16)27-9-1-2-18(22(27)30)31-11-10-28/h1-9,13-14,28H,10-12H2,(H,24,29). The number of ether oxygens (including phenoxy) is 1. The van der Waals surface area contributed by atoms with Gasteiger partial charge < -0.3 is 19.7 Å². The number of nitrogens with one attached hydrogen (secondary N) is 1. The molecule has 32 heavy (non-hydrogen) atoms. The summed E-state index contributed by atoms with van der Waals surface area (Å²) in [5.74, 6) is -0.0202. The first kappa shape index (κ1) is 21.8. The Bertz CT molecular complexity index is 1280. The van der Waals surface area contributed by atoms with Crippen LogP contribution >= 0.6 is 22.9 Å². The van der Waals surface area contributed by atoms with E-state index >= 15 is 0 Å². The molecule has 8 nitrogen and oxygen atoms in total. The fourth-order valence-corrected chi connectivity index (χ4v) is 3.98. The second-order valence-corrected chi connectivity index (χ2v) is 8.41. The third-order valence-corrected chi connectivity index (χ3v) is 5.78. The smallest absolute Gasteiger partial charge is 0.297 e. The second-order valence-electron chi connectivity index (χ2n) is 6.69. The van der Waals surface area contributed by atoms with Crippen LogP contribution in [0.25, 0.3) is 11.4 Å². The quantitative estimate of drug-likeness (QED) is 0.412. The number of hydrogen-bond acceptors (Lipinski definition) is 6. The van der Waals surface area contributed by atoms with E-state index in [1.165, 1.54) is 15.9 Å². The average Bonchev–Trinajstić information content (AvgIpc) is 3.46. The molecule has 164 valence electrons. The van der Waals surface area contributed by atoms with Gasteiger partial charge in [0.25, 0.3) is 11.5 Å². The van der Waals surface area contributed by atoms with Gasteiger partial charge in [-0.15, -0.1) is 11.3 Å². The number of amides is 1. The zero-order valence-electron chi connectivity index (χ0n) is 16.8. The van der Waals surface area contributed by atoms with Crippen LogP contribution in [-0.2, 0) is 6.54 Å². The highest BCUT2D eigenvalue weighted by Crippen LogP contribution is 2.21. The van der Waals surface area contributed by atoms with Gasteiger partial charge in [0, 0.05) is 23.8 Å². The van der Waals surface area contributed by atoms with Gasteiger partial charge in [0.15, 0.2) is 5.75 Å². The van der Waals surface area contributed by atoms with E-state index in [1.54, 1.807) is 36.8 Å². The van der Waals surface area contributed by atoms with E-state index < -0.39 is 0 Å². The van der Waals surface area contributed by atoms with Crippen molar-refractivity contribution in [1.82, 2.24) is 19.4 Å². The van der Waals surface area contributed by atoms with Crippen LogP contribution < -0.4 is 15.6 Å². The van der Waals surface area contributed by atoms with Crippen molar-refractivity contribution in [2.24, 2.45) is 0 Å². The monoisotopic (exact) mass is 470 g/mol. The molecule has 0 aliphatic carbocycles. The van der Waals surface area contributed by atoms with Crippen LogP contribution in [-0.4, -0.2) is 38.3 Å². The molecule has 4 aromatic rings. The van der Waals surface area contributed by atoms with E-state index in [1.807, 2.05) is 35.0 Å². The van der Waals surface area contributed by atoms with Crippen LogP contribution in [0.15, 0.2) is 72.0 Å². The van der Waals surface area contributed by atoms with E-state index in [0.29, 0.717) is 20.6 Å². The number of aromatic nitrogens is 3. The lowest BCUT2D eigenvalue weighted by atomic mass is 10.2. The lowest BCUT2D eigenvalue weighted by Crippen LogP contribution is -2.21. The molecule has 0 spiro atoms. The number of rotatable bonds is 8. The van der Waals surface area contributed by atoms with Crippen molar-refractivity contribution in [3.8, 4) is 17.1 Å². The van der Waals surface area contributed by atoms with Crippen LogP contribution in [0, 0.1) is 0 Å². The fraction of sp³-hybridized carbons (Fsp3) is 0.136. The number of benzene rings is 1. The van der Waals surface area contributed by atoms with E-state index in [9.17, 15) is 9.59 Å². The number of aliphatic hydroxyl groups is 1. The van der Waals surface area contributed by atoms with Crippen molar-refractivity contribution in [1.29, 1.82) is 0 Å². The van der Waals surface area contributed by atoms with Gasteiger partial charge >= 0.3 is 0 Å². The Labute approximate surface area is 192 Å². The number of pyridine rings is 1. The second kappa shape index (κ2) is 9.82. The molecule has 3 heterocycles. The summed E-state index contributed by atoms with van der Waals surface area (Å²) in [6.07, 6.45) is 5.14. The topological polar surface area (TPSA) is 98.4 Å². The number of aliphatic hydroxyl groups excluding tert-OH is 1. The van der Waals surface area contributed by atoms with Crippen LogP contribution in [0.1, 0.15) is 15.4 Å². The number of imidazole rings is 1. The molecular weight excluding hydrogens is 452 g/mol. The van der Waals surface area contributed by atoms with Crippen molar-refractivity contribution in [2.45, 2.75) is 6.54 Å². The molecule has 4 rings (SSSR count). The minimum Gasteiger partial charge on any atom is -0.485 e. The van der Waals surface area contributed by atoms with Gasteiger partial charge in [-0.05, 0) is 48.5 Å². The molecular formula is C22H19ClN4O4S. The van der Waals surface area contributed by atoms with Crippen LogP contribution in [0.2, 0.25) is 4.34 Å². The Morgan fingerprint density at radius 1 is 1.16 bits per heavy atom. The zero-order chi connectivity index (χ0) is 22.5. The molecule has 0 saturated heterocycles. The molecule has 0 fully saturated rings. The minimum absolute atomic E-state index is 0.0582. The fourth-order valence-electron chi connectivity index (χ4n) is 3.02. The summed E-state index contributed by atoms with van der Waals surface area (Å²) in [4.78, 5) is 29.6. The van der Waals surface area contributed by atoms with Gasteiger partial charge in [-0.25, -0.2) is 4.98 Å². The molecule has 10 heteroatoms. The van der Waals surface area contributed by atoms with Gasteiger partial charge in [-0.3, -0.25) is 14.2 Å². The number of halogens is 1. The Morgan fingerprint density at radius 2 is 1.94 bits per heavy atom. The van der Waals surface area contributed by atoms with Crippen molar-refractivity contribution in [3.63, 3.8) is 0 Å². The largest absolute Gasteiger partial charge is 0.485 e. The van der Waals surface area contributed by atoms with Gasteiger partial charge in [0.1, 0.15) is 6.61 Å². The maximum Gasteiger partial charge on any atom is 0.297 e. The summed E-state index contributed by atoms with van der Waals surface area (Å²) in [6.45, 7) is 0.181. The van der Waals surface area contributed by atoms with Crippen molar-refractivity contribution in [3.05, 3.63) is 92.5 Å². The number of thiophene rings is 1. The SMILES string of the molecule is O=C(NCc1cn(-c2ccc(-n3cccc(OCCO)c3=O)cc2)cn1)c1ccc(Cl)s1. The Hall–Kier alpha value is -3.40. The highest BCUT2D eigenvalue weighted by Gasteiger charge is 2.10. The lowest BCUT2D eigenvalue weighted by molar-refractivity contribution is 0.0954. The maximum atomic E-state index is 12.6. The molecule has 0 radical (unpaired) electrons. The summed E-state index contributed by atoms with van der Waals surface area (Å²) >= 11 is 7.09. The summed E-state index contributed by atoms with van der Waals surface area (Å²) in [7, 11) is 0. The van der Waals surface area contributed by atoms with Crippen molar-refractivity contribution < 1.29 is 14.6 Å².